The molecule has 0 aromatic heterocycles. The monoisotopic (exact) mass is 260 g/mol. The summed E-state index contributed by atoms with van der Waals surface area (Å²) in [6, 6.07) is 0. The minimum atomic E-state index is -4.15. The van der Waals surface area contributed by atoms with Crippen LogP contribution in [0.4, 0.5) is 30.7 Å². The van der Waals surface area contributed by atoms with Crippen LogP contribution in [0.3, 0.4) is 0 Å². The molecule has 0 saturated heterocycles. The van der Waals surface area contributed by atoms with E-state index in [4.69, 9.17) is 0 Å². The second-order valence-corrected chi connectivity index (χ2v) is 3.72. The minimum absolute atomic E-state index is 0.901. The summed E-state index contributed by atoms with van der Waals surface area (Å²) in [4.78, 5) is 0. The molecule has 0 unspecified atom stereocenters. The molecule has 0 heterocycles. The van der Waals surface area contributed by atoms with Gasteiger partial charge in [-0.3, -0.25) is 0 Å². The zero-order chi connectivity index (χ0) is 13.5. The molecule has 1 aromatic carbocycles. The summed E-state index contributed by atoms with van der Waals surface area (Å²) < 4.78 is 90.8. The Bertz CT molecular complexity index is 421. The molecule has 96 valence electrons. The first-order valence-corrected chi connectivity index (χ1v) is 4.52. The second-order valence-electron chi connectivity index (χ2n) is 3.72. The summed E-state index contributed by atoms with van der Waals surface area (Å²) in [5, 5.41) is 0. The number of hydrogen-bond acceptors (Lipinski definition) is 0. The molecular weight excluding hydrogens is 253 g/mol. The molecule has 7 heteroatoms. The van der Waals surface area contributed by atoms with Crippen molar-refractivity contribution in [3.63, 3.8) is 0 Å². The van der Waals surface area contributed by atoms with E-state index in [9.17, 15) is 30.7 Å². The highest BCUT2D eigenvalue weighted by Crippen LogP contribution is 2.40. The van der Waals surface area contributed by atoms with Crippen LogP contribution < -0.4 is 0 Å². The van der Waals surface area contributed by atoms with Crippen LogP contribution in [0.15, 0.2) is 0 Å². The Kier molecular flexibility index (Phi) is 3.40. The fourth-order valence-electron chi connectivity index (χ4n) is 1.19. The molecule has 1 aromatic rings. The maximum absolute atomic E-state index is 13.4. The van der Waals surface area contributed by atoms with Gasteiger partial charge in [-0.1, -0.05) is 13.8 Å². The molecule has 0 N–H and O–H groups in total. The van der Waals surface area contributed by atoms with Gasteiger partial charge in [0.05, 0.1) is 5.56 Å². The van der Waals surface area contributed by atoms with Crippen molar-refractivity contribution in [3.05, 3.63) is 34.6 Å². The van der Waals surface area contributed by atoms with Crippen molar-refractivity contribution >= 4 is 0 Å². The van der Waals surface area contributed by atoms with E-state index in [1.165, 1.54) is 0 Å². The highest BCUT2D eigenvalue weighted by molar-refractivity contribution is 5.28. The van der Waals surface area contributed by atoms with Crippen LogP contribution in [0.1, 0.15) is 19.4 Å². The molecular formula is C10H7F7. The normalized spacial score (nSPS) is 12.4. The highest BCUT2D eigenvalue weighted by atomic mass is 19.3. The molecule has 17 heavy (non-hydrogen) atoms. The molecule has 1 rings (SSSR count). The number of benzene rings is 1. The smallest absolute Gasteiger partial charge is 0.203 e. The van der Waals surface area contributed by atoms with E-state index in [0.717, 1.165) is 13.8 Å². The molecule has 0 aliphatic rings. The van der Waals surface area contributed by atoms with Crippen LogP contribution >= 0.6 is 0 Å². The number of rotatable bonds is 2. The molecule has 0 saturated carbocycles. The summed E-state index contributed by atoms with van der Waals surface area (Å²) in [5.41, 5.74) is -2.09. The van der Waals surface area contributed by atoms with E-state index >= 15 is 0 Å². The average Bonchev–Trinajstić information content (AvgIpc) is 2.23. The Labute approximate surface area is 92.0 Å². The maximum atomic E-state index is 13.4. The SMILES string of the molecule is CC(C)C(F)(F)c1c(F)c(F)c(F)c(F)c1F. The van der Waals surface area contributed by atoms with Crippen LogP contribution in [0, 0.1) is 35.0 Å². The van der Waals surface area contributed by atoms with Gasteiger partial charge in [-0.25, -0.2) is 30.7 Å². The maximum Gasteiger partial charge on any atom is 0.281 e. The molecule has 0 spiro atoms. The fraction of sp³-hybridized carbons (Fsp3) is 0.400. The van der Waals surface area contributed by atoms with E-state index in [1.54, 1.807) is 0 Å². The van der Waals surface area contributed by atoms with Crippen molar-refractivity contribution in [2.45, 2.75) is 19.8 Å². The zero-order valence-electron chi connectivity index (χ0n) is 8.72. The molecule has 0 amide bonds. The molecule has 0 radical (unpaired) electrons. The van der Waals surface area contributed by atoms with Gasteiger partial charge in [0.2, 0.25) is 5.82 Å². The third-order valence-corrected chi connectivity index (χ3v) is 2.27. The van der Waals surface area contributed by atoms with Gasteiger partial charge in [-0.15, -0.1) is 0 Å². The van der Waals surface area contributed by atoms with Gasteiger partial charge >= 0.3 is 0 Å². The van der Waals surface area contributed by atoms with E-state index in [0.29, 0.717) is 0 Å². The number of hydrogen-bond donors (Lipinski definition) is 0. The van der Waals surface area contributed by atoms with E-state index in [2.05, 4.69) is 0 Å². The first kappa shape index (κ1) is 13.8. The first-order valence-electron chi connectivity index (χ1n) is 4.52. The van der Waals surface area contributed by atoms with Crippen molar-refractivity contribution in [2.75, 3.05) is 0 Å². The van der Waals surface area contributed by atoms with Crippen molar-refractivity contribution in [2.24, 2.45) is 5.92 Å². The second kappa shape index (κ2) is 4.19. The fourth-order valence-corrected chi connectivity index (χ4v) is 1.19. The number of halogens is 7. The van der Waals surface area contributed by atoms with Crippen LogP contribution in [0.25, 0.3) is 0 Å². The lowest BCUT2D eigenvalue weighted by Crippen LogP contribution is -2.26. The summed E-state index contributed by atoms with van der Waals surface area (Å²) in [6.45, 7) is 1.80. The van der Waals surface area contributed by atoms with Gasteiger partial charge < -0.3 is 0 Å². The standard InChI is InChI=1S/C10H7F7/c1-3(2)10(16,17)4-5(11)7(13)9(15)8(14)6(4)12/h3H,1-2H3. The predicted octanol–water partition coefficient (Wildman–Crippen LogP) is 4.13. The molecule has 0 nitrogen and oxygen atoms in total. The topological polar surface area (TPSA) is 0 Å². The molecule has 0 atom stereocenters. The third kappa shape index (κ3) is 1.98. The van der Waals surface area contributed by atoms with Crippen molar-refractivity contribution in [1.29, 1.82) is 0 Å². The Morgan fingerprint density at radius 1 is 0.706 bits per heavy atom. The molecule has 0 fully saturated rings. The Morgan fingerprint density at radius 3 is 1.29 bits per heavy atom. The summed E-state index contributed by atoms with van der Waals surface area (Å²) >= 11 is 0. The molecule has 0 aliphatic carbocycles. The zero-order valence-corrected chi connectivity index (χ0v) is 8.72. The molecule has 0 aliphatic heterocycles. The van der Waals surface area contributed by atoms with Gasteiger partial charge in [0, 0.05) is 5.92 Å². The lowest BCUT2D eigenvalue weighted by Gasteiger charge is -2.22. The highest BCUT2D eigenvalue weighted by Gasteiger charge is 2.44. The average molecular weight is 260 g/mol. The minimum Gasteiger partial charge on any atom is -0.203 e. The van der Waals surface area contributed by atoms with E-state index in [-0.39, 0.29) is 0 Å². The summed E-state index contributed by atoms with van der Waals surface area (Å²) in [7, 11) is 0. The lowest BCUT2D eigenvalue weighted by molar-refractivity contribution is -0.0588. The van der Waals surface area contributed by atoms with E-state index < -0.39 is 46.5 Å². The van der Waals surface area contributed by atoms with E-state index in [1.807, 2.05) is 0 Å². The summed E-state index contributed by atoms with van der Waals surface area (Å²) in [5.74, 6) is -18.0. The van der Waals surface area contributed by atoms with Crippen molar-refractivity contribution in [3.8, 4) is 0 Å². The van der Waals surface area contributed by atoms with Crippen LogP contribution in [0.2, 0.25) is 0 Å². The van der Waals surface area contributed by atoms with Crippen LogP contribution in [-0.4, -0.2) is 0 Å². The van der Waals surface area contributed by atoms with Gasteiger partial charge in [0.25, 0.3) is 5.92 Å². The van der Waals surface area contributed by atoms with Crippen LogP contribution in [0.5, 0.6) is 0 Å². The quantitative estimate of drug-likeness (QED) is 0.426. The largest absolute Gasteiger partial charge is 0.281 e. The lowest BCUT2D eigenvalue weighted by atomic mass is 9.96. The number of alkyl halides is 2. The predicted molar refractivity (Wildman–Crippen MR) is 45.0 cm³/mol. The third-order valence-electron chi connectivity index (χ3n) is 2.27. The first-order chi connectivity index (χ1) is 7.62. The van der Waals surface area contributed by atoms with Gasteiger partial charge in [0.1, 0.15) is 0 Å². The molecule has 0 bridgehead atoms. The Hall–Kier alpha value is -1.27. The van der Waals surface area contributed by atoms with Crippen molar-refractivity contribution < 1.29 is 30.7 Å². The Balaban J connectivity index is 3.66. The van der Waals surface area contributed by atoms with Crippen LogP contribution in [-0.2, 0) is 5.92 Å². The van der Waals surface area contributed by atoms with Gasteiger partial charge in [0.15, 0.2) is 23.3 Å². The summed E-state index contributed by atoms with van der Waals surface area (Å²) in [6.07, 6.45) is 0. The van der Waals surface area contributed by atoms with Crippen molar-refractivity contribution in [1.82, 2.24) is 0 Å². The van der Waals surface area contributed by atoms with Gasteiger partial charge in [-0.2, -0.15) is 0 Å². The Morgan fingerprint density at radius 2 is 1.00 bits per heavy atom. The van der Waals surface area contributed by atoms with Gasteiger partial charge in [-0.05, 0) is 0 Å².